The van der Waals surface area contributed by atoms with Crippen molar-refractivity contribution in [2.75, 3.05) is 54.1 Å². The largest absolute Gasteiger partial charge is 0.497 e. The van der Waals surface area contributed by atoms with Crippen LogP contribution in [0, 0.1) is 0 Å². The average molecular weight is 282 g/mol. The fourth-order valence-corrected chi connectivity index (χ4v) is 1.83. The summed E-state index contributed by atoms with van der Waals surface area (Å²) in [6.45, 7) is 3.94. The number of rotatable bonds is 10. The van der Waals surface area contributed by atoms with E-state index in [2.05, 4.69) is 17.3 Å². The Morgan fingerprint density at radius 3 is 2.80 bits per heavy atom. The third-order valence-corrected chi connectivity index (χ3v) is 3.16. The smallest absolute Gasteiger partial charge is 0.119 e. The quantitative estimate of drug-likeness (QED) is 0.624. The van der Waals surface area contributed by atoms with Gasteiger partial charge in [-0.05, 0) is 24.7 Å². The lowest BCUT2D eigenvalue weighted by molar-refractivity contribution is 0.156. The number of benzene rings is 1. The molecule has 0 saturated carbocycles. The summed E-state index contributed by atoms with van der Waals surface area (Å²) in [6.07, 6.45) is -0.519. The van der Waals surface area contributed by atoms with Gasteiger partial charge < -0.3 is 24.8 Å². The molecule has 1 aromatic rings. The molecule has 0 amide bonds. The summed E-state index contributed by atoms with van der Waals surface area (Å²) in [4.78, 5) is 2.19. The van der Waals surface area contributed by atoms with Crippen LogP contribution >= 0.6 is 0 Å². The van der Waals surface area contributed by atoms with Crippen molar-refractivity contribution in [1.29, 1.82) is 0 Å². The van der Waals surface area contributed by atoms with E-state index >= 15 is 0 Å². The molecule has 1 atom stereocenters. The number of aliphatic hydroxyl groups is 1. The minimum Gasteiger partial charge on any atom is -0.497 e. The molecule has 0 fully saturated rings. The SMILES string of the molecule is COCCN(C)CCNCC(O)c1cccc(OC)c1. The lowest BCUT2D eigenvalue weighted by atomic mass is 10.1. The second-order valence-corrected chi connectivity index (χ2v) is 4.79. The molecule has 0 aromatic heterocycles. The first-order valence-corrected chi connectivity index (χ1v) is 6.87. The summed E-state index contributed by atoms with van der Waals surface area (Å²) in [5.41, 5.74) is 0.865. The van der Waals surface area contributed by atoms with E-state index in [9.17, 15) is 5.11 Å². The van der Waals surface area contributed by atoms with Gasteiger partial charge in [0.05, 0.1) is 19.8 Å². The summed E-state index contributed by atoms with van der Waals surface area (Å²) in [5.74, 6) is 0.765. The van der Waals surface area contributed by atoms with Crippen LogP contribution in [0.2, 0.25) is 0 Å². The lowest BCUT2D eigenvalue weighted by Crippen LogP contribution is -2.33. The van der Waals surface area contributed by atoms with Crippen LogP contribution in [0.5, 0.6) is 5.75 Å². The molecule has 0 aliphatic rings. The van der Waals surface area contributed by atoms with E-state index in [1.165, 1.54) is 0 Å². The van der Waals surface area contributed by atoms with E-state index in [0.717, 1.165) is 37.6 Å². The molecule has 20 heavy (non-hydrogen) atoms. The van der Waals surface area contributed by atoms with Gasteiger partial charge in [-0.1, -0.05) is 12.1 Å². The molecular weight excluding hydrogens is 256 g/mol. The summed E-state index contributed by atoms with van der Waals surface area (Å²) in [5, 5.41) is 13.4. The highest BCUT2D eigenvalue weighted by molar-refractivity contribution is 5.29. The highest BCUT2D eigenvalue weighted by Gasteiger charge is 2.08. The standard InChI is InChI=1S/C15H26N2O3/c1-17(9-10-19-2)8-7-16-12-15(18)13-5-4-6-14(11-13)20-3/h4-6,11,15-16,18H,7-10,12H2,1-3H3. The molecule has 0 spiro atoms. The molecule has 114 valence electrons. The van der Waals surface area contributed by atoms with Crippen LogP contribution in [0.3, 0.4) is 0 Å². The predicted molar refractivity (Wildman–Crippen MR) is 80.2 cm³/mol. The Kier molecular flexibility index (Phi) is 8.22. The third kappa shape index (κ3) is 6.34. The maximum Gasteiger partial charge on any atom is 0.119 e. The molecule has 0 aliphatic heterocycles. The van der Waals surface area contributed by atoms with E-state index in [-0.39, 0.29) is 0 Å². The molecule has 5 heteroatoms. The van der Waals surface area contributed by atoms with Crippen LogP contribution in [0.25, 0.3) is 0 Å². The Balaban J connectivity index is 2.24. The predicted octanol–water partition coefficient (Wildman–Crippen LogP) is 0.896. The zero-order valence-corrected chi connectivity index (χ0v) is 12.6. The van der Waals surface area contributed by atoms with Gasteiger partial charge in [-0.15, -0.1) is 0 Å². The van der Waals surface area contributed by atoms with Gasteiger partial charge >= 0.3 is 0 Å². The number of nitrogens with zero attached hydrogens (tertiary/aromatic N) is 1. The van der Waals surface area contributed by atoms with Crippen molar-refractivity contribution < 1.29 is 14.6 Å². The minimum absolute atomic E-state index is 0.519. The van der Waals surface area contributed by atoms with Crippen LogP contribution in [0.1, 0.15) is 11.7 Å². The third-order valence-electron chi connectivity index (χ3n) is 3.16. The van der Waals surface area contributed by atoms with E-state index in [1.54, 1.807) is 14.2 Å². The molecule has 0 aliphatic carbocycles. The number of hydrogen-bond acceptors (Lipinski definition) is 5. The summed E-state index contributed by atoms with van der Waals surface area (Å²) in [7, 11) is 5.38. The number of hydrogen-bond donors (Lipinski definition) is 2. The molecule has 0 saturated heterocycles. The minimum atomic E-state index is -0.519. The Hall–Kier alpha value is -1.14. The van der Waals surface area contributed by atoms with Gasteiger partial charge in [-0.2, -0.15) is 0 Å². The Bertz CT molecular complexity index is 374. The van der Waals surface area contributed by atoms with Crippen molar-refractivity contribution in [3.8, 4) is 5.75 Å². The average Bonchev–Trinajstić information content (AvgIpc) is 2.49. The molecule has 1 unspecified atom stereocenters. The van der Waals surface area contributed by atoms with Crippen LogP contribution in [0.15, 0.2) is 24.3 Å². The first-order chi connectivity index (χ1) is 9.67. The maximum absolute atomic E-state index is 10.1. The van der Waals surface area contributed by atoms with Gasteiger partial charge in [0.15, 0.2) is 0 Å². The lowest BCUT2D eigenvalue weighted by Gasteiger charge is -2.17. The first kappa shape index (κ1) is 16.9. The van der Waals surface area contributed by atoms with Crippen molar-refractivity contribution in [2.45, 2.75) is 6.10 Å². The highest BCUT2D eigenvalue weighted by Crippen LogP contribution is 2.18. The number of ether oxygens (including phenoxy) is 2. The van der Waals surface area contributed by atoms with Gasteiger partial charge in [0.1, 0.15) is 5.75 Å². The number of methoxy groups -OCH3 is 2. The normalized spacial score (nSPS) is 12.7. The van der Waals surface area contributed by atoms with Gasteiger partial charge in [0, 0.05) is 33.3 Å². The Labute approximate surface area is 121 Å². The zero-order valence-electron chi connectivity index (χ0n) is 12.6. The highest BCUT2D eigenvalue weighted by atomic mass is 16.5. The molecule has 1 rings (SSSR count). The monoisotopic (exact) mass is 282 g/mol. The van der Waals surface area contributed by atoms with Gasteiger partial charge in [-0.25, -0.2) is 0 Å². The maximum atomic E-state index is 10.1. The second kappa shape index (κ2) is 9.72. The molecule has 0 radical (unpaired) electrons. The number of aliphatic hydroxyl groups excluding tert-OH is 1. The molecule has 0 heterocycles. The molecule has 2 N–H and O–H groups in total. The van der Waals surface area contributed by atoms with Crippen molar-refractivity contribution in [1.82, 2.24) is 10.2 Å². The Morgan fingerprint density at radius 2 is 2.10 bits per heavy atom. The number of likely N-dealkylation sites (N-methyl/N-ethyl adjacent to an activating group) is 1. The Morgan fingerprint density at radius 1 is 1.30 bits per heavy atom. The second-order valence-electron chi connectivity index (χ2n) is 4.79. The van der Waals surface area contributed by atoms with Crippen molar-refractivity contribution >= 4 is 0 Å². The van der Waals surface area contributed by atoms with Crippen LogP contribution in [0.4, 0.5) is 0 Å². The van der Waals surface area contributed by atoms with E-state index < -0.39 is 6.10 Å². The first-order valence-electron chi connectivity index (χ1n) is 6.87. The van der Waals surface area contributed by atoms with Crippen molar-refractivity contribution in [2.24, 2.45) is 0 Å². The van der Waals surface area contributed by atoms with E-state index in [4.69, 9.17) is 9.47 Å². The van der Waals surface area contributed by atoms with Crippen molar-refractivity contribution in [3.63, 3.8) is 0 Å². The summed E-state index contributed by atoms with van der Waals surface area (Å²) >= 11 is 0. The van der Waals surface area contributed by atoms with Gasteiger partial charge in [-0.3, -0.25) is 0 Å². The van der Waals surface area contributed by atoms with Crippen LogP contribution in [-0.4, -0.2) is 64.1 Å². The van der Waals surface area contributed by atoms with Gasteiger partial charge in [0.25, 0.3) is 0 Å². The van der Waals surface area contributed by atoms with E-state index in [0.29, 0.717) is 6.54 Å². The molecule has 5 nitrogen and oxygen atoms in total. The summed E-state index contributed by atoms with van der Waals surface area (Å²) in [6, 6.07) is 7.51. The summed E-state index contributed by atoms with van der Waals surface area (Å²) < 4.78 is 10.2. The molecule has 1 aromatic carbocycles. The number of nitrogens with one attached hydrogen (secondary N) is 1. The molecule has 0 bridgehead atoms. The molecular formula is C15H26N2O3. The zero-order chi connectivity index (χ0) is 14.8. The fraction of sp³-hybridized carbons (Fsp3) is 0.600. The van der Waals surface area contributed by atoms with Crippen LogP contribution in [-0.2, 0) is 4.74 Å². The van der Waals surface area contributed by atoms with Crippen LogP contribution < -0.4 is 10.1 Å². The fourth-order valence-electron chi connectivity index (χ4n) is 1.83. The van der Waals surface area contributed by atoms with Gasteiger partial charge in [0.2, 0.25) is 0 Å². The van der Waals surface area contributed by atoms with E-state index in [1.807, 2.05) is 24.3 Å². The van der Waals surface area contributed by atoms with Crippen molar-refractivity contribution in [3.05, 3.63) is 29.8 Å². The topological polar surface area (TPSA) is 54.0 Å².